The normalized spacial score (nSPS) is 10.0. The van der Waals surface area contributed by atoms with Crippen LogP contribution in [-0.4, -0.2) is 25.8 Å². The molecule has 0 aliphatic heterocycles. The average Bonchev–Trinajstić information content (AvgIpc) is 2.55. The van der Waals surface area contributed by atoms with Gasteiger partial charge in [-0.05, 0) is 50.2 Å². The highest BCUT2D eigenvalue weighted by atomic mass is 16.5. The Labute approximate surface area is 136 Å². The van der Waals surface area contributed by atoms with Gasteiger partial charge in [0, 0.05) is 5.69 Å². The summed E-state index contributed by atoms with van der Waals surface area (Å²) in [4.78, 5) is 11.7. The van der Waals surface area contributed by atoms with E-state index < -0.39 is 0 Å². The maximum Gasteiger partial charge on any atom is 0.319 e. The van der Waals surface area contributed by atoms with E-state index >= 15 is 0 Å². The first-order valence-electron chi connectivity index (χ1n) is 7.64. The number of urea groups is 1. The lowest BCUT2D eigenvalue weighted by Crippen LogP contribution is -2.32. The van der Waals surface area contributed by atoms with Crippen LogP contribution < -0.4 is 20.1 Å². The van der Waals surface area contributed by atoms with E-state index in [-0.39, 0.29) is 6.03 Å². The molecule has 5 nitrogen and oxygen atoms in total. The van der Waals surface area contributed by atoms with Gasteiger partial charge in [0.2, 0.25) is 0 Å². The first-order valence-corrected chi connectivity index (χ1v) is 7.64. The molecule has 5 heteroatoms. The molecular weight excluding hydrogens is 292 g/mol. The van der Waals surface area contributed by atoms with Gasteiger partial charge in [-0.15, -0.1) is 0 Å². The van der Waals surface area contributed by atoms with Crippen LogP contribution in [0.4, 0.5) is 10.5 Å². The molecule has 0 fully saturated rings. The summed E-state index contributed by atoms with van der Waals surface area (Å²) in [6.45, 7) is 5.40. The van der Waals surface area contributed by atoms with E-state index in [4.69, 9.17) is 9.47 Å². The number of hydrogen-bond acceptors (Lipinski definition) is 3. The second kappa shape index (κ2) is 8.68. The highest BCUT2D eigenvalue weighted by Gasteiger charge is 2.01. The molecule has 2 aromatic rings. The zero-order chi connectivity index (χ0) is 16.5. The van der Waals surface area contributed by atoms with Crippen molar-refractivity contribution in [3.63, 3.8) is 0 Å². The monoisotopic (exact) mass is 314 g/mol. The Morgan fingerprint density at radius 2 is 1.57 bits per heavy atom. The Bertz CT molecular complexity index is 609. The van der Waals surface area contributed by atoms with E-state index in [9.17, 15) is 4.79 Å². The van der Waals surface area contributed by atoms with Crippen LogP contribution in [0.5, 0.6) is 11.5 Å². The summed E-state index contributed by atoms with van der Waals surface area (Å²) in [5, 5.41) is 5.52. The smallest absolute Gasteiger partial charge is 0.319 e. The van der Waals surface area contributed by atoms with Gasteiger partial charge >= 0.3 is 6.03 Å². The first kappa shape index (κ1) is 16.7. The van der Waals surface area contributed by atoms with Gasteiger partial charge in [-0.1, -0.05) is 17.7 Å². The number of amides is 2. The van der Waals surface area contributed by atoms with E-state index in [1.165, 1.54) is 0 Å². The molecule has 0 spiro atoms. The van der Waals surface area contributed by atoms with Crippen LogP contribution in [0.3, 0.4) is 0 Å². The van der Waals surface area contributed by atoms with Crippen LogP contribution in [0.2, 0.25) is 0 Å². The summed E-state index contributed by atoms with van der Waals surface area (Å²) in [5.41, 5.74) is 1.92. The van der Waals surface area contributed by atoms with Crippen molar-refractivity contribution in [1.82, 2.24) is 5.32 Å². The van der Waals surface area contributed by atoms with Gasteiger partial charge in [-0.3, -0.25) is 0 Å². The summed E-state index contributed by atoms with van der Waals surface area (Å²) in [7, 11) is 0. The van der Waals surface area contributed by atoms with Crippen molar-refractivity contribution >= 4 is 11.7 Å². The second-order valence-corrected chi connectivity index (χ2v) is 5.00. The molecule has 2 aromatic carbocycles. The SMILES string of the molecule is CCOc1ccc(OCCNC(=O)Nc2ccc(C)cc2)cc1. The Hall–Kier alpha value is -2.69. The molecule has 0 aliphatic rings. The predicted molar refractivity (Wildman–Crippen MR) is 91.3 cm³/mol. The van der Waals surface area contributed by atoms with E-state index in [1.54, 1.807) is 0 Å². The van der Waals surface area contributed by atoms with Crippen molar-refractivity contribution < 1.29 is 14.3 Å². The molecule has 122 valence electrons. The molecule has 2 amide bonds. The van der Waals surface area contributed by atoms with Gasteiger partial charge in [0.15, 0.2) is 0 Å². The van der Waals surface area contributed by atoms with Crippen molar-refractivity contribution in [3.8, 4) is 11.5 Å². The molecule has 2 rings (SSSR count). The Balaban J connectivity index is 1.66. The van der Waals surface area contributed by atoms with Crippen LogP contribution in [0.25, 0.3) is 0 Å². The third-order valence-corrected chi connectivity index (χ3v) is 3.10. The third kappa shape index (κ3) is 5.90. The van der Waals surface area contributed by atoms with Gasteiger partial charge in [-0.2, -0.15) is 0 Å². The summed E-state index contributed by atoms with van der Waals surface area (Å²) in [5.74, 6) is 1.56. The fraction of sp³-hybridized carbons (Fsp3) is 0.278. The van der Waals surface area contributed by atoms with Crippen LogP contribution in [-0.2, 0) is 0 Å². The Morgan fingerprint density at radius 1 is 0.957 bits per heavy atom. The number of anilines is 1. The number of rotatable bonds is 7. The molecule has 0 heterocycles. The number of hydrogen-bond donors (Lipinski definition) is 2. The van der Waals surface area contributed by atoms with Crippen LogP contribution in [0.1, 0.15) is 12.5 Å². The van der Waals surface area contributed by atoms with E-state index in [1.807, 2.05) is 62.4 Å². The van der Waals surface area contributed by atoms with Gasteiger partial charge in [-0.25, -0.2) is 4.79 Å². The minimum atomic E-state index is -0.246. The molecule has 0 bridgehead atoms. The van der Waals surface area contributed by atoms with Gasteiger partial charge in [0.1, 0.15) is 18.1 Å². The number of aryl methyl sites for hydroxylation is 1. The molecule has 23 heavy (non-hydrogen) atoms. The summed E-state index contributed by atoms with van der Waals surface area (Å²) < 4.78 is 10.9. The topological polar surface area (TPSA) is 59.6 Å². The van der Waals surface area contributed by atoms with Gasteiger partial charge in [0.25, 0.3) is 0 Å². The number of nitrogens with one attached hydrogen (secondary N) is 2. The average molecular weight is 314 g/mol. The lowest BCUT2D eigenvalue weighted by molar-refractivity contribution is 0.247. The maximum atomic E-state index is 11.7. The molecule has 0 saturated heterocycles. The number of carbonyl (C=O) groups is 1. The molecule has 2 N–H and O–H groups in total. The first-order chi connectivity index (χ1) is 11.2. The maximum absolute atomic E-state index is 11.7. The molecule has 0 aromatic heterocycles. The quantitative estimate of drug-likeness (QED) is 0.768. The third-order valence-electron chi connectivity index (χ3n) is 3.10. The molecule has 0 saturated carbocycles. The van der Waals surface area contributed by atoms with Crippen LogP contribution in [0, 0.1) is 6.92 Å². The lowest BCUT2D eigenvalue weighted by atomic mass is 10.2. The van der Waals surface area contributed by atoms with Gasteiger partial charge < -0.3 is 20.1 Å². The molecule has 0 atom stereocenters. The van der Waals surface area contributed by atoms with Crippen molar-refractivity contribution in [3.05, 3.63) is 54.1 Å². The Morgan fingerprint density at radius 3 is 2.17 bits per heavy atom. The lowest BCUT2D eigenvalue weighted by Gasteiger charge is -2.10. The van der Waals surface area contributed by atoms with Crippen molar-refractivity contribution in [1.29, 1.82) is 0 Å². The van der Waals surface area contributed by atoms with E-state index in [0.717, 1.165) is 22.7 Å². The summed E-state index contributed by atoms with van der Waals surface area (Å²) in [6.07, 6.45) is 0. The predicted octanol–water partition coefficient (Wildman–Crippen LogP) is 3.59. The number of carbonyl (C=O) groups excluding carboxylic acids is 1. The van der Waals surface area contributed by atoms with Crippen molar-refractivity contribution in [2.45, 2.75) is 13.8 Å². The van der Waals surface area contributed by atoms with Gasteiger partial charge in [0.05, 0.1) is 13.2 Å². The van der Waals surface area contributed by atoms with Crippen LogP contribution >= 0.6 is 0 Å². The van der Waals surface area contributed by atoms with Crippen molar-refractivity contribution in [2.75, 3.05) is 25.1 Å². The number of benzene rings is 2. The largest absolute Gasteiger partial charge is 0.494 e. The second-order valence-electron chi connectivity index (χ2n) is 5.00. The molecule has 0 radical (unpaired) electrons. The van der Waals surface area contributed by atoms with Crippen LogP contribution in [0.15, 0.2) is 48.5 Å². The van der Waals surface area contributed by atoms with E-state index in [2.05, 4.69) is 10.6 Å². The fourth-order valence-electron chi connectivity index (χ4n) is 1.94. The number of ether oxygens (including phenoxy) is 2. The minimum absolute atomic E-state index is 0.246. The summed E-state index contributed by atoms with van der Waals surface area (Å²) in [6, 6.07) is 14.8. The summed E-state index contributed by atoms with van der Waals surface area (Å²) >= 11 is 0. The zero-order valence-corrected chi connectivity index (χ0v) is 13.5. The fourth-order valence-corrected chi connectivity index (χ4v) is 1.94. The minimum Gasteiger partial charge on any atom is -0.494 e. The standard InChI is InChI=1S/C18H22N2O3/c1-3-22-16-8-10-17(11-9-16)23-13-12-19-18(21)20-15-6-4-14(2)5-7-15/h4-11H,3,12-13H2,1-2H3,(H2,19,20,21). The molecule has 0 aliphatic carbocycles. The van der Waals surface area contributed by atoms with E-state index in [0.29, 0.717) is 19.8 Å². The Kier molecular flexibility index (Phi) is 6.29. The van der Waals surface area contributed by atoms with Crippen molar-refractivity contribution in [2.24, 2.45) is 0 Å². The highest BCUT2D eigenvalue weighted by molar-refractivity contribution is 5.89. The zero-order valence-electron chi connectivity index (χ0n) is 13.5. The highest BCUT2D eigenvalue weighted by Crippen LogP contribution is 2.17. The molecule has 0 unspecified atom stereocenters. The molecular formula is C18H22N2O3.